The average molecular weight is 658 g/mol. The molecule has 0 fully saturated rings. The number of rotatable bonds is 31. The first kappa shape index (κ1) is 43.7. The van der Waals surface area contributed by atoms with Crippen LogP contribution in [0.15, 0.2) is 36.5 Å². The number of aliphatic hydroxyl groups is 1. The highest BCUT2D eigenvalue weighted by atomic mass is 31.2. The lowest BCUT2D eigenvalue weighted by Crippen LogP contribution is -2.46. The molecule has 0 aromatic heterocycles. The zero-order valence-corrected chi connectivity index (χ0v) is 30.5. The zero-order valence-electron chi connectivity index (χ0n) is 29.6. The number of nitrogens with zero attached hydrogens (tertiary/aromatic N) is 1. The maximum Gasteiger partial charge on any atom is 0.472 e. The van der Waals surface area contributed by atoms with Crippen LogP contribution in [-0.4, -0.2) is 73.4 Å². The topological polar surface area (TPSA) is 105 Å². The lowest BCUT2D eigenvalue weighted by Gasteiger charge is -2.26. The highest BCUT2D eigenvalue weighted by Gasteiger charge is 2.28. The van der Waals surface area contributed by atoms with Gasteiger partial charge in [0.25, 0.3) is 0 Å². The van der Waals surface area contributed by atoms with Crippen molar-refractivity contribution in [2.24, 2.45) is 0 Å². The van der Waals surface area contributed by atoms with Gasteiger partial charge >= 0.3 is 7.82 Å². The van der Waals surface area contributed by atoms with Crippen LogP contribution in [0.5, 0.6) is 0 Å². The zero-order chi connectivity index (χ0) is 33.7. The number of amides is 1. The van der Waals surface area contributed by atoms with Gasteiger partial charge in [-0.15, -0.1) is 0 Å². The average Bonchev–Trinajstić information content (AvgIpc) is 2.97. The molecule has 3 unspecified atom stereocenters. The summed E-state index contributed by atoms with van der Waals surface area (Å²) in [5.41, 5.74) is 0. The fourth-order valence-corrected chi connectivity index (χ4v) is 5.50. The first-order valence-corrected chi connectivity index (χ1v) is 19.3. The minimum Gasteiger partial charge on any atom is -0.391 e. The van der Waals surface area contributed by atoms with Crippen LogP contribution in [-0.2, 0) is 18.4 Å². The van der Waals surface area contributed by atoms with Gasteiger partial charge in [0.15, 0.2) is 0 Å². The largest absolute Gasteiger partial charge is 0.472 e. The van der Waals surface area contributed by atoms with E-state index >= 15 is 0 Å². The minimum absolute atomic E-state index is 0.0694. The Bertz CT molecular complexity index is 840. The summed E-state index contributed by atoms with van der Waals surface area (Å²) in [6.07, 6.45) is 31.7. The summed E-state index contributed by atoms with van der Waals surface area (Å²) in [7, 11) is 1.59. The number of phosphoric ester groups is 1. The summed E-state index contributed by atoms with van der Waals surface area (Å²) in [5.74, 6) is -0.168. The number of carbonyl (C=O) groups excluding carboxylic acids is 1. The second kappa shape index (κ2) is 28.9. The van der Waals surface area contributed by atoms with Gasteiger partial charge in [-0.05, 0) is 44.9 Å². The van der Waals surface area contributed by atoms with Crippen molar-refractivity contribution in [3.05, 3.63) is 36.5 Å². The molecule has 0 aromatic rings. The van der Waals surface area contributed by atoms with Crippen molar-refractivity contribution in [3.8, 4) is 0 Å². The molecule has 3 atom stereocenters. The third-order valence-corrected chi connectivity index (χ3v) is 8.64. The standard InChI is InChI=1S/C36H69N2O6P/c1-6-8-10-12-14-16-17-18-19-20-21-22-24-26-28-30-36(40)37-34(33-44-45(41,42)43-32-31-38(3,4)5)35(39)29-27-25-23-15-13-11-9-7-2/h8,10,14,16,18-19,34-35,39H,6-7,9,11-13,15,17,20-33H2,1-5H3,(H-,37,40,41,42)/p+1/b10-8-,16-14-,19-18-. The van der Waals surface area contributed by atoms with Crippen molar-refractivity contribution in [1.29, 1.82) is 0 Å². The lowest BCUT2D eigenvalue weighted by molar-refractivity contribution is -0.870. The molecule has 264 valence electrons. The molecule has 0 spiro atoms. The molecule has 8 nitrogen and oxygen atoms in total. The van der Waals surface area contributed by atoms with Crippen LogP contribution in [0.1, 0.15) is 136 Å². The van der Waals surface area contributed by atoms with Crippen molar-refractivity contribution in [2.45, 2.75) is 148 Å². The molecular weight excluding hydrogens is 587 g/mol. The number of unbranched alkanes of at least 4 members (excludes halogenated alkanes) is 12. The number of hydrogen-bond donors (Lipinski definition) is 3. The number of phosphoric acid groups is 1. The third kappa shape index (κ3) is 31.1. The van der Waals surface area contributed by atoms with E-state index in [4.69, 9.17) is 9.05 Å². The third-order valence-electron chi connectivity index (χ3n) is 7.65. The van der Waals surface area contributed by atoms with Gasteiger partial charge < -0.3 is 19.8 Å². The number of allylic oxidation sites excluding steroid dienone is 6. The highest BCUT2D eigenvalue weighted by molar-refractivity contribution is 7.47. The van der Waals surface area contributed by atoms with E-state index in [9.17, 15) is 19.4 Å². The Hall–Kier alpha value is -1.28. The van der Waals surface area contributed by atoms with Crippen molar-refractivity contribution in [1.82, 2.24) is 5.32 Å². The SMILES string of the molecule is CC/C=C\C/C=C\C/C=C\CCCCCCCC(=O)NC(COP(=O)(O)OCC[N+](C)(C)C)C(O)CCCCCCCCCC. The molecule has 0 bridgehead atoms. The molecule has 0 rings (SSSR count). The first-order chi connectivity index (χ1) is 21.5. The van der Waals surface area contributed by atoms with Crippen LogP contribution < -0.4 is 5.32 Å². The minimum atomic E-state index is -4.30. The molecule has 0 aliphatic heterocycles. The number of quaternary nitrogens is 1. The summed E-state index contributed by atoms with van der Waals surface area (Å²) >= 11 is 0. The molecule has 0 saturated carbocycles. The molecule has 45 heavy (non-hydrogen) atoms. The van der Waals surface area contributed by atoms with Gasteiger partial charge in [0, 0.05) is 6.42 Å². The second-order valence-corrected chi connectivity index (χ2v) is 14.7. The normalized spacial score (nSPS) is 15.3. The quantitative estimate of drug-likeness (QED) is 0.0298. The lowest BCUT2D eigenvalue weighted by atomic mass is 10.0. The van der Waals surface area contributed by atoms with Crippen LogP contribution >= 0.6 is 7.82 Å². The Morgan fingerprint density at radius 3 is 1.96 bits per heavy atom. The van der Waals surface area contributed by atoms with Gasteiger partial charge in [-0.2, -0.15) is 0 Å². The van der Waals surface area contributed by atoms with Gasteiger partial charge in [0.2, 0.25) is 5.91 Å². The second-order valence-electron chi connectivity index (χ2n) is 13.2. The molecule has 9 heteroatoms. The van der Waals surface area contributed by atoms with Crippen LogP contribution in [0.2, 0.25) is 0 Å². The number of likely N-dealkylation sites (N-methyl/N-ethyl adjacent to an activating group) is 1. The smallest absolute Gasteiger partial charge is 0.391 e. The molecule has 3 N–H and O–H groups in total. The first-order valence-electron chi connectivity index (χ1n) is 17.9. The Balaban J connectivity index is 4.49. The molecule has 0 aliphatic rings. The van der Waals surface area contributed by atoms with E-state index in [2.05, 4.69) is 55.6 Å². The van der Waals surface area contributed by atoms with Crippen LogP contribution in [0, 0.1) is 0 Å². The summed E-state index contributed by atoms with van der Waals surface area (Å²) < 4.78 is 23.4. The Kier molecular flexibility index (Phi) is 28.1. The number of carbonyl (C=O) groups is 1. The van der Waals surface area contributed by atoms with Gasteiger partial charge in [-0.3, -0.25) is 13.8 Å². The number of aliphatic hydroxyl groups excluding tert-OH is 1. The molecule has 0 aromatic carbocycles. The number of hydrogen-bond acceptors (Lipinski definition) is 5. The van der Waals surface area contributed by atoms with E-state index in [0.29, 0.717) is 23.9 Å². The van der Waals surface area contributed by atoms with Gasteiger partial charge in [0.05, 0.1) is 39.9 Å². The summed E-state index contributed by atoms with van der Waals surface area (Å²) in [4.78, 5) is 22.9. The van der Waals surface area contributed by atoms with Gasteiger partial charge in [-0.1, -0.05) is 121 Å². The molecule has 0 saturated heterocycles. The van der Waals surface area contributed by atoms with Crippen molar-refractivity contribution in [2.75, 3.05) is 40.9 Å². The van der Waals surface area contributed by atoms with Gasteiger partial charge in [-0.25, -0.2) is 4.57 Å². The van der Waals surface area contributed by atoms with Crippen LogP contribution in [0.3, 0.4) is 0 Å². The molecule has 0 aliphatic carbocycles. The maximum atomic E-state index is 12.7. The van der Waals surface area contributed by atoms with Crippen molar-refractivity contribution in [3.63, 3.8) is 0 Å². The van der Waals surface area contributed by atoms with Gasteiger partial charge in [0.1, 0.15) is 13.2 Å². The Morgan fingerprint density at radius 1 is 0.778 bits per heavy atom. The van der Waals surface area contributed by atoms with E-state index in [1.807, 2.05) is 21.1 Å². The molecule has 0 radical (unpaired) electrons. The van der Waals surface area contributed by atoms with E-state index in [0.717, 1.165) is 77.0 Å². The summed E-state index contributed by atoms with van der Waals surface area (Å²) in [6, 6.07) is -0.765. The Morgan fingerprint density at radius 2 is 1.33 bits per heavy atom. The monoisotopic (exact) mass is 657 g/mol. The van der Waals surface area contributed by atoms with E-state index in [-0.39, 0.29) is 19.1 Å². The van der Waals surface area contributed by atoms with Crippen molar-refractivity contribution < 1.29 is 32.9 Å². The molecule has 1 amide bonds. The van der Waals surface area contributed by atoms with Crippen LogP contribution in [0.25, 0.3) is 0 Å². The van der Waals surface area contributed by atoms with E-state index < -0.39 is 20.0 Å². The van der Waals surface area contributed by atoms with Crippen molar-refractivity contribution >= 4 is 13.7 Å². The predicted octanol–water partition coefficient (Wildman–Crippen LogP) is 8.79. The molecule has 0 heterocycles. The molecular formula is C36H70N2O6P+. The maximum absolute atomic E-state index is 12.7. The summed E-state index contributed by atoms with van der Waals surface area (Å²) in [5, 5.41) is 13.8. The number of nitrogens with one attached hydrogen (secondary N) is 1. The summed E-state index contributed by atoms with van der Waals surface area (Å²) in [6.45, 7) is 4.69. The van der Waals surface area contributed by atoms with E-state index in [1.165, 1.54) is 32.1 Å². The van der Waals surface area contributed by atoms with Crippen LogP contribution in [0.4, 0.5) is 0 Å². The highest BCUT2D eigenvalue weighted by Crippen LogP contribution is 2.43. The Labute approximate surface area is 276 Å². The predicted molar refractivity (Wildman–Crippen MR) is 189 cm³/mol. The van der Waals surface area contributed by atoms with E-state index in [1.54, 1.807) is 0 Å². The fourth-order valence-electron chi connectivity index (χ4n) is 4.76. The fraction of sp³-hybridized carbons (Fsp3) is 0.806.